The van der Waals surface area contributed by atoms with Gasteiger partial charge in [0, 0.05) is 38.4 Å². The van der Waals surface area contributed by atoms with Gasteiger partial charge < -0.3 is 4.74 Å². The van der Waals surface area contributed by atoms with Gasteiger partial charge in [-0.25, -0.2) is 0 Å². The highest BCUT2D eigenvalue weighted by molar-refractivity contribution is 5.21. The van der Waals surface area contributed by atoms with Crippen LogP contribution in [0.4, 0.5) is 0 Å². The lowest BCUT2D eigenvalue weighted by Crippen LogP contribution is -2.24. The molecule has 1 unspecified atom stereocenters. The normalized spacial score (nSPS) is 28.0. The van der Waals surface area contributed by atoms with E-state index in [4.69, 9.17) is 4.74 Å². The summed E-state index contributed by atoms with van der Waals surface area (Å²) in [5.74, 6) is 2.61. The summed E-state index contributed by atoms with van der Waals surface area (Å²) in [7, 11) is 1.98. The fraction of sp³-hybridized carbons (Fsp3) is 0.500. The van der Waals surface area contributed by atoms with Gasteiger partial charge in [-0.15, -0.1) is 0 Å². The van der Waals surface area contributed by atoms with Gasteiger partial charge in [0.15, 0.2) is 0 Å². The molecule has 4 heteroatoms. The number of para-hydroxylation sites is 1. The standard InChI is InChI=1S/C18H23N3O/c1-20-10-14(9-19-20)11-21-12-15-7-18(8-16(15)13-21)22-17-5-3-2-4-6-17/h2-6,9-10,15-16,18H,7-8,11-13H2,1H3/t15-,16+,18?. The number of ether oxygens (including phenoxy) is 1. The highest BCUT2D eigenvalue weighted by Crippen LogP contribution is 2.40. The molecule has 0 amide bonds. The lowest BCUT2D eigenvalue weighted by Gasteiger charge is -2.19. The number of aromatic nitrogens is 2. The van der Waals surface area contributed by atoms with Crippen molar-refractivity contribution in [2.24, 2.45) is 18.9 Å². The molecule has 2 heterocycles. The first-order valence-corrected chi connectivity index (χ1v) is 8.18. The van der Waals surface area contributed by atoms with E-state index < -0.39 is 0 Å². The minimum absolute atomic E-state index is 0.401. The van der Waals surface area contributed by atoms with Gasteiger partial charge in [0.05, 0.1) is 12.3 Å². The minimum atomic E-state index is 0.401. The Hall–Kier alpha value is -1.81. The molecule has 2 aliphatic rings. The lowest BCUT2D eigenvalue weighted by molar-refractivity contribution is 0.184. The molecule has 3 atom stereocenters. The number of likely N-dealkylation sites (tertiary alicyclic amines) is 1. The molecule has 0 radical (unpaired) electrons. The van der Waals surface area contributed by atoms with Crippen molar-refractivity contribution in [3.05, 3.63) is 48.3 Å². The maximum Gasteiger partial charge on any atom is 0.119 e. The molecule has 22 heavy (non-hydrogen) atoms. The van der Waals surface area contributed by atoms with Crippen molar-refractivity contribution in [2.45, 2.75) is 25.5 Å². The molecule has 1 saturated carbocycles. The number of hydrogen-bond donors (Lipinski definition) is 0. The van der Waals surface area contributed by atoms with Crippen LogP contribution >= 0.6 is 0 Å². The van der Waals surface area contributed by atoms with Crippen LogP contribution in [0.5, 0.6) is 5.75 Å². The van der Waals surface area contributed by atoms with Crippen LogP contribution in [0.3, 0.4) is 0 Å². The van der Waals surface area contributed by atoms with E-state index in [0.717, 1.165) is 24.1 Å². The van der Waals surface area contributed by atoms with Crippen LogP contribution in [-0.4, -0.2) is 33.9 Å². The molecule has 1 aliphatic heterocycles. The van der Waals surface area contributed by atoms with Crippen molar-refractivity contribution in [2.75, 3.05) is 13.1 Å². The van der Waals surface area contributed by atoms with Crippen molar-refractivity contribution in [1.82, 2.24) is 14.7 Å². The number of fused-ring (bicyclic) bond motifs is 1. The van der Waals surface area contributed by atoms with Gasteiger partial charge in [0.2, 0.25) is 0 Å². The number of hydrogen-bond acceptors (Lipinski definition) is 3. The van der Waals surface area contributed by atoms with E-state index >= 15 is 0 Å². The molecule has 1 aromatic carbocycles. The molecule has 1 aliphatic carbocycles. The van der Waals surface area contributed by atoms with Crippen LogP contribution in [0, 0.1) is 11.8 Å². The van der Waals surface area contributed by atoms with E-state index in [1.165, 1.54) is 31.5 Å². The first kappa shape index (κ1) is 13.8. The van der Waals surface area contributed by atoms with Gasteiger partial charge in [0.1, 0.15) is 5.75 Å². The van der Waals surface area contributed by atoms with E-state index in [9.17, 15) is 0 Å². The maximum absolute atomic E-state index is 6.14. The predicted molar refractivity (Wildman–Crippen MR) is 85.6 cm³/mol. The third-order valence-corrected chi connectivity index (χ3v) is 4.99. The molecule has 1 aromatic heterocycles. The van der Waals surface area contributed by atoms with Crippen LogP contribution in [0.2, 0.25) is 0 Å². The molecule has 116 valence electrons. The number of aryl methyl sites for hydroxylation is 1. The summed E-state index contributed by atoms with van der Waals surface area (Å²) in [5, 5.41) is 4.26. The van der Waals surface area contributed by atoms with Crippen molar-refractivity contribution >= 4 is 0 Å². The Morgan fingerprint density at radius 2 is 1.86 bits per heavy atom. The molecular weight excluding hydrogens is 274 g/mol. The Kier molecular flexibility index (Phi) is 3.62. The summed E-state index contributed by atoms with van der Waals surface area (Å²) in [6, 6.07) is 10.2. The maximum atomic E-state index is 6.14. The molecule has 2 fully saturated rings. The van der Waals surface area contributed by atoms with Gasteiger partial charge >= 0.3 is 0 Å². The second kappa shape index (κ2) is 5.76. The largest absolute Gasteiger partial charge is 0.490 e. The van der Waals surface area contributed by atoms with E-state index in [1.807, 2.05) is 36.1 Å². The molecule has 0 spiro atoms. The van der Waals surface area contributed by atoms with Crippen LogP contribution in [0.25, 0.3) is 0 Å². The highest BCUT2D eigenvalue weighted by atomic mass is 16.5. The van der Waals surface area contributed by atoms with Crippen molar-refractivity contribution in [3.63, 3.8) is 0 Å². The summed E-state index contributed by atoms with van der Waals surface area (Å²) in [6.45, 7) is 3.44. The molecule has 4 nitrogen and oxygen atoms in total. The second-order valence-electron chi connectivity index (χ2n) is 6.76. The van der Waals surface area contributed by atoms with E-state index in [0.29, 0.717) is 6.10 Å². The Bertz CT molecular complexity index is 610. The van der Waals surface area contributed by atoms with Gasteiger partial charge in [0.25, 0.3) is 0 Å². The first-order chi connectivity index (χ1) is 10.8. The van der Waals surface area contributed by atoms with Crippen molar-refractivity contribution in [1.29, 1.82) is 0 Å². The summed E-state index contributed by atoms with van der Waals surface area (Å²) >= 11 is 0. The predicted octanol–water partition coefficient (Wildman–Crippen LogP) is 2.71. The van der Waals surface area contributed by atoms with Crippen molar-refractivity contribution < 1.29 is 4.74 Å². The quantitative estimate of drug-likeness (QED) is 0.869. The monoisotopic (exact) mass is 297 g/mol. The molecule has 4 rings (SSSR count). The highest BCUT2D eigenvalue weighted by Gasteiger charge is 2.41. The molecule has 2 aromatic rings. The summed E-state index contributed by atoms with van der Waals surface area (Å²) in [6.07, 6.45) is 6.90. The number of nitrogens with zero attached hydrogens (tertiary/aromatic N) is 3. The molecule has 1 saturated heterocycles. The van der Waals surface area contributed by atoms with Crippen LogP contribution < -0.4 is 4.74 Å². The Morgan fingerprint density at radius 1 is 1.14 bits per heavy atom. The number of rotatable bonds is 4. The Balaban J connectivity index is 1.31. The lowest BCUT2D eigenvalue weighted by atomic mass is 10.0. The van der Waals surface area contributed by atoms with Gasteiger partial charge in [-0.2, -0.15) is 5.10 Å². The third kappa shape index (κ3) is 2.88. The zero-order chi connectivity index (χ0) is 14.9. The summed E-state index contributed by atoms with van der Waals surface area (Å²) in [5.41, 5.74) is 1.32. The smallest absolute Gasteiger partial charge is 0.119 e. The summed E-state index contributed by atoms with van der Waals surface area (Å²) in [4.78, 5) is 2.57. The zero-order valence-corrected chi connectivity index (χ0v) is 13.1. The Morgan fingerprint density at radius 3 is 2.50 bits per heavy atom. The van der Waals surface area contributed by atoms with E-state index in [2.05, 4.69) is 28.3 Å². The fourth-order valence-corrected chi connectivity index (χ4v) is 4.07. The van der Waals surface area contributed by atoms with E-state index in [1.54, 1.807) is 0 Å². The fourth-order valence-electron chi connectivity index (χ4n) is 4.07. The topological polar surface area (TPSA) is 30.3 Å². The second-order valence-corrected chi connectivity index (χ2v) is 6.76. The Labute approximate surface area is 131 Å². The minimum Gasteiger partial charge on any atom is -0.490 e. The van der Waals surface area contributed by atoms with Crippen molar-refractivity contribution in [3.8, 4) is 5.75 Å². The van der Waals surface area contributed by atoms with E-state index in [-0.39, 0.29) is 0 Å². The SMILES string of the molecule is Cn1cc(CN2C[C@H]3CC(Oc4ccccc4)C[C@H]3C2)cn1. The average Bonchev–Trinajstić information content (AvgIpc) is 3.16. The van der Waals surface area contributed by atoms with Gasteiger partial charge in [-0.3, -0.25) is 9.58 Å². The van der Waals surface area contributed by atoms with Gasteiger partial charge in [-0.05, 0) is 36.8 Å². The average molecular weight is 297 g/mol. The number of benzene rings is 1. The van der Waals surface area contributed by atoms with Gasteiger partial charge in [-0.1, -0.05) is 18.2 Å². The molecule has 0 bridgehead atoms. The van der Waals surface area contributed by atoms with Crippen LogP contribution in [0.15, 0.2) is 42.7 Å². The van der Waals surface area contributed by atoms with Crippen LogP contribution in [0.1, 0.15) is 18.4 Å². The summed E-state index contributed by atoms with van der Waals surface area (Å²) < 4.78 is 8.02. The molecule has 0 N–H and O–H groups in total. The molecular formula is C18H23N3O. The zero-order valence-electron chi connectivity index (χ0n) is 13.1. The first-order valence-electron chi connectivity index (χ1n) is 8.18. The van der Waals surface area contributed by atoms with Crippen LogP contribution in [-0.2, 0) is 13.6 Å². The third-order valence-electron chi connectivity index (χ3n) is 4.99.